The molecule has 0 bridgehead atoms. The Balaban J connectivity index is 1.87. The van der Waals surface area contributed by atoms with Crippen LogP contribution in [-0.4, -0.2) is 4.98 Å². The molecular weight excluding hydrogens is 258 g/mol. The highest BCUT2D eigenvalue weighted by Gasteiger charge is 2.05. The number of hydrogen-bond donors (Lipinski definition) is 1. The maximum Gasteiger partial charge on any atom is 0.149 e. The van der Waals surface area contributed by atoms with Crippen LogP contribution in [0.5, 0.6) is 0 Å². The normalized spacial score (nSPS) is 10.7. The predicted molar refractivity (Wildman–Crippen MR) is 75.4 cm³/mol. The van der Waals surface area contributed by atoms with Gasteiger partial charge >= 0.3 is 0 Å². The molecule has 0 aliphatic rings. The van der Waals surface area contributed by atoms with Crippen molar-refractivity contribution in [1.29, 1.82) is 0 Å². The Morgan fingerprint density at radius 2 is 1.85 bits per heavy atom. The van der Waals surface area contributed by atoms with Gasteiger partial charge in [-0.25, -0.2) is 8.78 Å². The number of fused-ring (bicyclic) bond motifs is 1. The Kier molecular flexibility index (Phi) is 3.29. The van der Waals surface area contributed by atoms with Crippen LogP contribution in [0, 0.1) is 11.6 Å². The molecule has 0 radical (unpaired) electrons. The molecule has 20 heavy (non-hydrogen) atoms. The van der Waals surface area contributed by atoms with Gasteiger partial charge in [0, 0.05) is 30.4 Å². The molecular formula is C16H12F2N2. The van der Waals surface area contributed by atoms with E-state index in [9.17, 15) is 8.78 Å². The summed E-state index contributed by atoms with van der Waals surface area (Å²) < 4.78 is 26.4. The molecule has 4 heteroatoms. The topological polar surface area (TPSA) is 24.9 Å². The van der Waals surface area contributed by atoms with Gasteiger partial charge in [-0.15, -0.1) is 0 Å². The van der Waals surface area contributed by atoms with E-state index in [1.165, 1.54) is 12.1 Å². The van der Waals surface area contributed by atoms with Crippen molar-refractivity contribution in [2.75, 3.05) is 5.32 Å². The molecule has 3 aromatic rings. The maximum absolute atomic E-state index is 13.5. The number of benzene rings is 2. The minimum atomic E-state index is -0.599. The molecule has 100 valence electrons. The summed E-state index contributed by atoms with van der Waals surface area (Å²) >= 11 is 0. The van der Waals surface area contributed by atoms with Crippen molar-refractivity contribution in [2.24, 2.45) is 0 Å². The summed E-state index contributed by atoms with van der Waals surface area (Å²) in [6, 6.07) is 11.4. The summed E-state index contributed by atoms with van der Waals surface area (Å²) in [6.07, 6.45) is 3.54. The van der Waals surface area contributed by atoms with Gasteiger partial charge in [0.15, 0.2) is 0 Å². The molecule has 1 N–H and O–H groups in total. The van der Waals surface area contributed by atoms with Crippen LogP contribution >= 0.6 is 0 Å². The van der Waals surface area contributed by atoms with Gasteiger partial charge < -0.3 is 5.32 Å². The Morgan fingerprint density at radius 1 is 1.00 bits per heavy atom. The SMILES string of the molecule is Fc1ccc(NCc2cncc3ccccc23)c(F)c1. The van der Waals surface area contributed by atoms with E-state index >= 15 is 0 Å². The van der Waals surface area contributed by atoms with Crippen molar-refractivity contribution in [1.82, 2.24) is 4.98 Å². The maximum atomic E-state index is 13.5. The third-order valence-corrected chi connectivity index (χ3v) is 3.15. The highest BCUT2D eigenvalue weighted by molar-refractivity contribution is 5.84. The molecule has 2 nitrogen and oxygen atoms in total. The average Bonchev–Trinajstić information content (AvgIpc) is 2.46. The number of nitrogens with zero attached hydrogens (tertiary/aromatic N) is 1. The molecule has 0 unspecified atom stereocenters. The largest absolute Gasteiger partial charge is 0.379 e. The fourth-order valence-electron chi connectivity index (χ4n) is 2.14. The van der Waals surface area contributed by atoms with Crippen LogP contribution < -0.4 is 5.32 Å². The van der Waals surface area contributed by atoms with Gasteiger partial charge in [-0.05, 0) is 23.1 Å². The highest BCUT2D eigenvalue weighted by Crippen LogP contribution is 2.20. The predicted octanol–water partition coefficient (Wildman–Crippen LogP) is 4.13. The van der Waals surface area contributed by atoms with E-state index in [0.29, 0.717) is 6.54 Å². The molecule has 0 amide bonds. The van der Waals surface area contributed by atoms with E-state index in [2.05, 4.69) is 10.3 Å². The summed E-state index contributed by atoms with van der Waals surface area (Å²) in [6.45, 7) is 0.427. The van der Waals surface area contributed by atoms with Gasteiger partial charge in [0.1, 0.15) is 11.6 Å². The fourth-order valence-corrected chi connectivity index (χ4v) is 2.14. The lowest BCUT2D eigenvalue weighted by atomic mass is 10.1. The minimum absolute atomic E-state index is 0.277. The first-order valence-electron chi connectivity index (χ1n) is 6.24. The number of hydrogen-bond acceptors (Lipinski definition) is 2. The standard InChI is InChI=1S/C16H12F2N2/c17-13-5-6-16(15(18)7-13)20-10-12-9-19-8-11-3-1-2-4-14(11)12/h1-9,20H,10H2. The molecule has 0 saturated carbocycles. The first kappa shape index (κ1) is 12.5. The smallest absolute Gasteiger partial charge is 0.149 e. The summed E-state index contributed by atoms with van der Waals surface area (Å²) in [5, 5.41) is 5.07. The van der Waals surface area contributed by atoms with Gasteiger partial charge in [-0.3, -0.25) is 4.98 Å². The first-order chi connectivity index (χ1) is 9.74. The van der Waals surface area contributed by atoms with Crippen LogP contribution in [-0.2, 0) is 6.54 Å². The molecule has 0 aliphatic heterocycles. The van der Waals surface area contributed by atoms with Crippen molar-refractivity contribution in [2.45, 2.75) is 6.54 Å². The third-order valence-electron chi connectivity index (χ3n) is 3.15. The second-order valence-electron chi connectivity index (χ2n) is 4.50. The van der Waals surface area contributed by atoms with E-state index in [1.54, 1.807) is 12.4 Å². The van der Waals surface area contributed by atoms with Crippen LogP contribution in [0.4, 0.5) is 14.5 Å². The molecule has 0 atom stereocenters. The zero-order valence-electron chi connectivity index (χ0n) is 10.6. The van der Waals surface area contributed by atoms with Gasteiger partial charge in [0.05, 0.1) is 5.69 Å². The number of nitrogens with one attached hydrogen (secondary N) is 1. The number of anilines is 1. The Morgan fingerprint density at radius 3 is 2.70 bits per heavy atom. The average molecular weight is 270 g/mol. The molecule has 1 heterocycles. The minimum Gasteiger partial charge on any atom is -0.379 e. The van der Waals surface area contributed by atoms with Crippen molar-refractivity contribution >= 4 is 16.5 Å². The van der Waals surface area contributed by atoms with E-state index in [1.807, 2.05) is 24.3 Å². The zero-order chi connectivity index (χ0) is 13.9. The van der Waals surface area contributed by atoms with Crippen molar-refractivity contribution in [3.05, 3.63) is 72.1 Å². The Bertz CT molecular complexity index is 751. The third kappa shape index (κ3) is 2.45. The number of pyridine rings is 1. The van der Waals surface area contributed by atoms with E-state index in [-0.39, 0.29) is 5.69 Å². The molecule has 3 rings (SSSR count). The summed E-state index contributed by atoms with van der Waals surface area (Å²) in [7, 11) is 0. The van der Waals surface area contributed by atoms with Crippen LogP contribution in [0.1, 0.15) is 5.56 Å². The van der Waals surface area contributed by atoms with Gasteiger partial charge in [0.2, 0.25) is 0 Å². The number of rotatable bonds is 3. The summed E-state index contributed by atoms with van der Waals surface area (Å²) in [5.74, 6) is -1.18. The van der Waals surface area contributed by atoms with Gasteiger partial charge in [-0.1, -0.05) is 24.3 Å². The molecule has 2 aromatic carbocycles. The van der Waals surface area contributed by atoms with Crippen molar-refractivity contribution in [3.63, 3.8) is 0 Å². The van der Waals surface area contributed by atoms with Crippen LogP contribution in [0.3, 0.4) is 0 Å². The zero-order valence-corrected chi connectivity index (χ0v) is 10.6. The van der Waals surface area contributed by atoms with Crippen LogP contribution in [0.25, 0.3) is 10.8 Å². The second-order valence-corrected chi connectivity index (χ2v) is 4.50. The molecule has 0 fully saturated rings. The van der Waals surface area contributed by atoms with Crippen LogP contribution in [0.2, 0.25) is 0 Å². The van der Waals surface area contributed by atoms with E-state index < -0.39 is 11.6 Å². The lowest BCUT2D eigenvalue weighted by molar-refractivity contribution is 0.585. The van der Waals surface area contributed by atoms with Crippen molar-refractivity contribution < 1.29 is 8.78 Å². The van der Waals surface area contributed by atoms with Gasteiger partial charge in [-0.2, -0.15) is 0 Å². The quantitative estimate of drug-likeness (QED) is 0.774. The van der Waals surface area contributed by atoms with E-state index in [0.717, 1.165) is 22.4 Å². The second kappa shape index (κ2) is 5.25. The molecule has 0 aliphatic carbocycles. The lowest BCUT2D eigenvalue weighted by Crippen LogP contribution is -2.02. The Labute approximate surface area is 115 Å². The first-order valence-corrected chi connectivity index (χ1v) is 6.24. The van der Waals surface area contributed by atoms with Crippen LogP contribution in [0.15, 0.2) is 54.9 Å². The fraction of sp³-hybridized carbons (Fsp3) is 0.0625. The molecule has 1 aromatic heterocycles. The monoisotopic (exact) mass is 270 g/mol. The number of aromatic nitrogens is 1. The van der Waals surface area contributed by atoms with Crippen molar-refractivity contribution in [3.8, 4) is 0 Å². The molecule has 0 spiro atoms. The number of halogens is 2. The van der Waals surface area contributed by atoms with Gasteiger partial charge in [0.25, 0.3) is 0 Å². The summed E-state index contributed by atoms with van der Waals surface area (Å²) in [5.41, 5.74) is 1.24. The summed E-state index contributed by atoms with van der Waals surface area (Å²) in [4.78, 5) is 4.17. The van der Waals surface area contributed by atoms with E-state index in [4.69, 9.17) is 0 Å². The lowest BCUT2D eigenvalue weighted by Gasteiger charge is -2.09. The highest BCUT2D eigenvalue weighted by atomic mass is 19.1. The Hall–Kier alpha value is -2.49. The molecule has 0 saturated heterocycles.